The van der Waals surface area contributed by atoms with Gasteiger partial charge in [-0.3, -0.25) is 9.78 Å². The summed E-state index contributed by atoms with van der Waals surface area (Å²) in [6.07, 6.45) is 6.08. The van der Waals surface area contributed by atoms with Gasteiger partial charge in [-0.05, 0) is 48.7 Å². The predicted molar refractivity (Wildman–Crippen MR) is 109 cm³/mol. The van der Waals surface area contributed by atoms with E-state index in [0.717, 1.165) is 36.1 Å². The molecule has 1 amide bonds. The Kier molecular flexibility index (Phi) is 5.31. The first-order chi connectivity index (χ1) is 13.7. The first-order valence-electron chi connectivity index (χ1n) is 9.94. The van der Waals surface area contributed by atoms with Crippen LogP contribution in [0.5, 0.6) is 0 Å². The number of rotatable bonds is 3. The number of fused-ring (bicyclic) bond motifs is 3. The summed E-state index contributed by atoms with van der Waals surface area (Å²) in [7, 11) is 0. The molecule has 144 valence electrons. The summed E-state index contributed by atoms with van der Waals surface area (Å²) in [5.74, 6) is 6.64. The van der Waals surface area contributed by atoms with Crippen molar-refractivity contribution in [1.82, 2.24) is 9.88 Å². The van der Waals surface area contributed by atoms with Crippen molar-refractivity contribution in [3.05, 3.63) is 59.4 Å². The molecule has 2 aromatic rings. The number of benzene rings is 1. The number of anilines is 1. The summed E-state index contributed by atoms with van der Waals surface area (Å²) in [6.45, 7) is 2.85. The number of likely N-dealkylation sites (tertiary alicyclic amines) is 1. The van der Waals surface area contributed by atoms with Crippen LogP contribution < -0.4 is 5.32 Å². The lowest BCUT2D eigenvalue weighted by Crippen LogP contribution is -2.42. The van der Waals surface area contributed by atoms with Gasteiger partial charge in [0.2, 0.25) is 0 Å². The fourth-order valence-corrected chi connectivity index (χ4v) is 4.32. The zero-order chi connectivity index (χ0) is 19.5. The van der Waals surface area contributed by atoms with Crippen LogP contribution in [0.25, 0.3) is 0 Å². The molecular weight excluding hydrogens is 350 g/mol. The quantitative estimate of drug-likeness (QED) is 0.809. The molecule has 5 nitrogen and oxygen atoms in total. The Labute approximate surface area is 165 Å². The molecule has 0 radical (unpaired) electrons. The van der Waals surface area contributed by atoms with Gasteiger partial charge in [0.05, 0.1) is 18.7 Å². The lowest BCUT2D eigenvalue weighted by Gasteiger charge is -2.39. The summed E-state index contributed by atoms with van der Waals surface area (Å²) in [5.41, 5.74) is 3.70. The molecule has 3 atom stereocenters. The Morgan fingerprint density at radius 2 is 2.14 bits per heavy atom. The molecule has 4 rings (SSSR count). The van der Waals surface area contributed by atoms with Gasteiger partial charge in [0.15, 0.2) is 0 Å². The number of aliphatic hydroxyl groups is 1. The van der Waals surface area contributed by atoms with Crippen molar-refractivity contribution in [2.45, 2.75) is 38.3 Å². The minimum absolute atomic E-state index is 0.0157. The number of nitrogens with one attached hydrogen (secondary N) is 1. The van der Waals surface area contributed by atoms with Crippen LogP contribution in [-0.4, -0.2) is 40.1 Å². The monoisotopic (exact) mass is 375 g/mol. The molecule has 1 fully saturated rings. The van der Waals surface area contributed by atoms with E-state index in [9.17, 15) is 9.90 Å². The molecule has 0 unspecified atom stereocenters. The Balaban J connectivity index is 1.72. The van der Waals surface area contributed by atoms with E-state index in [-0.39, 0.29) is 30.5 Å². The van der Waals surface area contributed by atoms with E-state index in [1.54, 1.807) is 24.5 Å². The second-order valence-electron chi connectivity index (χ2n) is 7.42. The molecule has 1 aromatic carbocycles. The molecular formula is C23H25N3O2. The number of hydrogen-bond donors (Lipinski definition) is 2. The number of carbonyl (C=O) groups excluding carboxylic acids is 1. The largest absolute Gasteiger partial charge is 0.394 e. The highest BCUT2D eigenvalue weighted by Gasteiger charge is 2.45. The van der Waals surface area contributed by atoms with Gasteiger partial charge in [0, 0.05) is 48.1 Å². The third kappa shape index (κ3) is 3.36. The lowest BCUT2D eigenvalue weighted by atomic mass is 9.82. The van der Waals surface area contributed by atoms with Gasteiger partial charge < -0.3 is 15.3 Å². The standard InChI is InChI=1S/C23H25N3O2/c1-2-3-4-5-16-6-7-20-19(14-16)22-18(21(15-27)25-20)10-13-26(22)23(28)17-8-11-24-12-9-17/h6-9,11-12,14,18,21-22,25,27H,2-3,10,13,15H2,1H3/t18-,21+,22-/m0/s1. The van der Waals surface area contributed by atoms with Gasteiger partial charge in [-0.25, -0.2) is 0 Å². The Bertz CT molecular complexity index is 916. The predicted octanol–water partition coefficient (Wildman–Crippen LogP) is 3.22. The van der Waals surface area contributed by atoms with E-state index >= 15 is 0 Å². The van der Waals surface area contributed by atoms with E-state index in [1.165, 1.54) is 0 Å². The topological polar surface area (TPSA) is 65.5 Å². The van der Waals surface area contributed by atoms with Gasteiger partial charge in [0.25, 0.3) is 5.91 Å². The fraction of sp³-hybridized carbons (Fsp3) is 0.391. The number of aromatic nitrogens is 1. The number of hydrogen-bond acceptors (Lipinski definition) is 4. The second-order valence-corrected chi connectivity index (χ2v) is 7.42. The average molecular weight is 375 g/mol. The fourth-order valence-electron chi connectivity index (χ4n) is 4.32. The Hall–Kier alpha value is -2.84. The van der Waals surface area contributed by atoms with E-state index in [1.807, 2.05) is 17.0 Å². The summed E-state index contributed by atoms with van der Waals surface area (Å²) in [4.78, 5) is 19.2. The molecule has 0 saturated carbocycles. The smallest absolute Gasteiger partial charge is 0.254 e. The van der Waals surface area contributed by atoms with Crippen molar-refractivity contribution in [3.8, 4) is 11.8 Å². The maximum Gasteiger partial charge on any atom is 0.254 e. The molecule has 28 heavy (non-hydrogen) atoms. The van der Waals surface area contributed by atoms with Crippen molar-refractivity contribution in [1.29, 1.82) is 0 Å². The Morgan fingerprint density at radius 1 is 1.32 bits per heavy atom. The third-order valence-electron chi connectivity index (χ3n) is 5.67. The van der Waals surface area contributed by atoms with Gasteiger partial charge in [0.1, 0.15) is 0 Å². The highest BCUT2D eigenvalue weighted by molar-refractivity contribution is 5.94. The zero-order valence-electron chi connectivity index (χ0n) is 16.1. The molecule has 2 aliphatic rings. The average Bonchev–Trinajstić information content (AvgIpc) is 3.19. The number of pyridine rings is 1. The molecule has 0 spiro atoms. The molecule has 3 heterocycles. The number of unbranched alkanes of at least 4 members (excludes halogenated alkanes) is 1. The molecule has 0 aliphatic carbocycles. The van der Waals surface area contributed by atoms with Crippen LogP contribution in [0.1, 0.15) is 53.7 Å². The van der Waals surface area contributed by atoms with Crippen molar-refractivity contribution in [2.24, 2.45) is 5.92 Å². The first-order valence-corrected chi connectivity index (χ1v) is 9.94. The van der Waals surface area contributed by atoms with Crippen molar-refractivity contribution < 1.29 is 9.90 Å². The Morgan fingerprint density at radius 3 is 2.89 bits per heavy atom. The van der Waals surface area contributed by atoms with Crippen LogP contribution in [-0.2, 0) is 0 Å². The maximum atomic E-state index is 13.2. The molecule has 0 bridgehead atoms. The van der Waals surface area contributed by atoms with Gasteiger partial charge >= 0.3 is 0 Å². The zero-order valence-corrected chi connectivity index (χ0v) is 16.1. The van der Waals surface area contributed by atoms with Gasteiger partial charge in [-0.2, -0.15) is 0 Å². The van der Waals surface area contributed by atoms with Gasteiger partial charge in [-0.1, -0.05) is 18.8 Å². The summed E-state index contributed by atoms with van der Waals surface area (Å²) < 4.78 is 0. The highest BCUT2D eigenvalue weighted by atomic mass is 16.3. The summed E-state index contributed by atoms with van der Waals surface area (Å²) in [5, 5.41) is 13.4. The summed E-state index contributed by atoms with van der Waals surface area (Å²) >= 11 is 0. The van der Waals surface area contributed by atoms with Crippen LogP contribution in [0, 0.1) is 17.8 Å². The third-order valence-corrected chi connectivity index (χ3v) is 5.67. The number of aliphatic hydroxyl groups excluding tert-OH is 1. The molecule has 5 heteroatoms. The number of nitrogens with zero attached hydrogens (tertiary/aromatic N) is 2. The van der Waals surface area contributed by atoms with Crippen molar-refractivity contribution in [2.75, 3.05) is 18.5 Å². The minimum atomic E-state index is -0.0537. The van der Waals surface area contributed by atoms with Crippen molar-refractivity contribution in [3.63, 3.8) is 0 Å². The molecule has 1 saturated heterocycles. The van der Waals surface area contributed by atoms with Crippen molar-refractivity contribution >= 4 is 11.6 Å². The van der Waals surface area contributed by atoms with Crippen LogP contribution in [0.3, 0.4) is 0 Å². The van der Waals surface area contributed by atoms with Crippen LogP contribution >= 0.6 is 0 Å². The van der Waals surface area contributed by atoms with E-state index in [0.29, 0.717) is 12.1 Å². The minimum Gasteiger partial charge on any atom is -0.394 e. The molecule has 1 aromatic heterocycles. The summed E-state index contributed by atoms with van der Waals surface area (Å²) in [6, 6.07) is 9.55. The first kappa shape index (κ1) is 18.5. The second kappa shape index (κ2) is 8.04. The highest BCUT2D eigenvalue weighted by Crippen LogP contribution is 2.47. The lowest BCUT2D eigenvalue weighted by molar-refractivity contribution is 0.0701. The molecule has 2 N–H and O–H groups in total. The number of carbonyl (C=O) groups is 1. The van der Waals surface area contributed by atoms with E-state index < -0.39 is 0 Å². The SMILES string of the molecule is CCCC#Cc1ccc2c(c1)[C@@H]1[C@@H](CCN1C(=O)c1ccncc1)[C@@H](CO)N2. The van der Waals surface area contributed by atoms with Crippen LogP contribution in [0.2, 0.25) is 0 Å². The molecule has 2 aliphatic heterocycles. The van der Waals surface area contributed by atoms with Crippen LogP contribution in [0.15, 0.2) is 42.7 Å². The van der Waals surface area contributed by atoms with E-state index in [2.05, 4.69) is 35.1 Å². The normalized spacial score (nSPS) is 22.5. The number of amides is 1. The van der Waals surface area contributed by atoms with Crippen LogP contribution in [0.4, 0.5) is 5.69 Å². The maximum absolute atomic E-state index is 13.2. The van der Waals surface area contributed by atoms with E-state index in [4.69, 9.17) is 0 Å². The van der Waals surface area contributed by atoms with Gasteiger partial charge in [-0.15, -0.1) is 0 Å².